The number of esters is 1. The van der Waals surface area contributed by atoms with E-state index in [1.165, 1.54) is 0 Å². The minimum Gasteiger partial charge on any atom is -0.497 e. The second-order valence-corrected chi connectivity index (χ2v) is 7.24. The number of carbonyl (C=O) groups excluding carboxylic acids is 2. The van der Waals surface area contributed by atoms with Gasteiger partial charge in [-0.05, 0) is 54.6 Å². The number of aromatic amines is 1. The molecule has 0 unspecified atom stereocenters. The molecular formula is C24H19N3O6. The molecule has 5 rings (SSSR count). The van der Waals surface area contributed by atoms with Crippen LogP contribution < -0.4 is 19.5 Å². The normalized spacial score (nSPS) is 11.9. The SMILES string of the molecule is COc1ccc(-c2nc3ccc(C(=O)OCC(=O)Nc4ccc5c(c4)OCO5)cc3[nH]2)cc1. The van der Waals surface area contributed by atoms with E-state index >= 15 is 0 Å². The van der Waals surface area contributed by atoms with Crippen molar-refractivity contribution in [3.63, 3.8) is 0 Å². The molecule has 9 nitrogen and oxygen atoms in total. The van der Waals surface area contributed by atoms with Gasteiger partial charge in [0.25, 0.3) is 5.91 Å². The number of rotatable bonds is 6. The molecule has 0 radical (unpaired) electrons. The molecule has 0 saturated carbocycles. The van der Waals surface area contributed by atoms with E-state index in [2.05, 4.69) is 15.3 Å². The molecule has 4 aromatic rings. The Balaban J connectivity index is 1.23. The zero-order chi connectivity index (χ0) is 22.8. The van der Waals surface area contributed by atoms with Crippen molar-refractivity contribution < 1.29 is 28.5 Å². The number of nitrogens with zero attached hydrogens (tertiary/aromatic N) is 1. The maximum absolute atomic E-state index is 12.5. The zero-order valence-corrected chi connectivity index (χ0v) is 17.6. The lowest BCUT2D eigenvalue weighted by Gasteiger charge is -2.07. The summed E-state index contributed by atoms with van der Waals surface area (Å²) < 4.78 is 20.9. The standard InChI is InChI=1S/C24H19N3O6/c1-30-17-6-2-14(3-7-17)23-26-18-8-4-15(10-19(18)27-23)24(29)31-12-22(28)25-16-5-9-20-21(11-16)33-13-32-20/h2-11H,12-13H2,1H3,(H,25,28)(H,26,27). The Hall–Kier alpha value is -4.53. The Labute approximate surface area is 188 Å². The monoisotopic (exact) mass is 445 g/mol. The molecule has 9 heteroatoms. The third-order valence-electron chi connectivity index (χ3n) is 5.07. The van der Waals surface area contributed by atoms with Crippen LogP contribution in [0.3, 0.4) is 0 Å². The van der Waals surface area contributed by atoms with E-state index in [0.717, 1.165) is 11.3 Å². The Bertz CT molecular complexity index is 1350. The molecule has 1 aromatic heterocycles. The topological polar surface area (TPSA) is 112 Å². The number of imidazole rings is 1. The minimum atomic E-state index is -0.613. The van der Waals surface area contributed by atoms with Gasteiger partial charge < -0.3 is 29.2 Å². The Kier molecular flexibility index (Phi) is 5.27. The number of H-pyrrole nitrogens is 1. The van der Waals surface area contributed by atoms with E-state index < -0.39 is 18.5 Å². The average Bonchev–Trinajstić information content (AvgIpc) is 3.48. The van der Waals surface area contributed by atoms with Crippen LogP contribution in [-0.4, -0.2) is 42.4 Å². The summed E-state index contributed by atoms with van der Waals surface area (Å²) in [5.74, 6) is 1.50. The first-order chi connectivity index (χ1) is 16.1. The lowest BCUT2D eigenvalue weighted by molar-refractivity contribution is -0.119. The molecule has 1 aliphatic rings. The van der Waals surface area contributed by atoms with Gasteiger partial charge in [0, 0.05) is 17.3 Å². The highest BCUT2D eigenvalue weighted by Crippen LogP contribution is 2.34. The highest BCUT2D eigenvalue weighted by molar-refractivity contribution is 5.97. The molecule has 0 fully saturated rings. The predicted molar refractivity (Wildman–Crippen MR) is 120 cm³/mol. The van der Waals surface area contributed by atoms with Crippen molar-refractivity contribution in [3.05, 3.63) is 66.2 Å². The van der Waals surface area contributed by atoms with Crippen molar-refractivity contribution in [3.8, 4) is 28.6 Å². The fraction of sp³-hybridized carbons (Fsp3) is 0.125. The zero-order valence-electron chi connectivity index (χ0n) is 17.6. The number of nitrogens with one attached hydrogen (secondary N) is 2. The lowest BCUT2D eigenvalue weighted by atomic mass is 10.2. The van der Waals surface area contributed by atoms with Crippen LogP contribution in [0.2, 0.25) is 0 Å². The van der Waals surface area contributed by atoms with Crippen LogP contribution in [0.1, 0.15) is 10.4 Å². The third kappa shape index (κ3) is 4.29. The van der Waals surface area contributed by atoms with Gasteiger partial charge in [0.05, 0.1) is 23.7 Å². The van der Waals surface area contributed by atoms with Crippen molar-refractivity contribution in [2.75, 3.05) is 25.8 Å². The number of amides is 1. The molecular weight excluding hydrogens is 426 g/mol. The van der Waals surface area contributed by atoms with Gasteiger partial charge in [0.1, 0.15) is 11.6 Å². The number of benzene rings is 3. The molecule has 2 N–H and O–H groups in total. The summed E-state index contributed by atoms with van der Waals surface area (Å²) in [5.41, 5.74) is 3.10. The van der Waals surface area contributed by atoms with E-state index in [1.54, 1.807) is 43.5 Å². The van der Waals surface area contributed by atoms with E-state index in [4.69, 9.17) is 18.9 Å². The van der Waals surface area contributed by atoms with Crippen molar-refractivity contribution in [1.29, 1.82) is 0 Å². The largest absolute Gasteiger partial charge is 0.497 e. The summed E-state index contributed by atoms with van der Waals surface area (Å²) in [7, 11) is 1.61. The molecule has 0 atom stereocenters. The Morgan fingerprint density at radius 1 is 1.03 bits per heavy atom. The molecule has 0 spiro atoms. The first-order valence-corrected chi connectivity index (χ1v) is 10.1. The number of methoxy groups -OCH3 is 1. The van der Waals surface area contributed by atoms with Crippen LogP contribution in [0.15, 0.2) is 60.7 Å². The number of carbonyl (C=O) groups is 2. The second kappa shape index (κ2) is 8.54. The van der Waals surface area contributed by atoms with Crippen LogP contribution in [0.4, 0.5) is 5.69 Å². The van der Waals surface area contributed by atoms with Gasteiger partial charge in [-0.1, -0.05) is 0 Å². The fourth-order valence-electron chi connectivity index (χ4n) is 3.41. The van der Waals surface area contributed by atoms with Gasteiger partial charge >= 0.3 is 5.97 Å². The van der Waals surface area contributed by atoms with Crippen molar-refractivity contribution >= 4 is 28.6 Å². The summed E-state index contributed by atoms with van der Waals surface area (Å²) in [6.45, 7) is -0.280. The molecule has 33 heavy (non-hydrogen) atoms. The quantitative estimate of drug-likeness (QED) is 0.435. The molecule has 3 aromatic carbocycles. The number of fused-ring (bicyclic) bond motifs is 2. The van der Waals surface area contributed by atoms with Crippen LogP contribution in [-0.2, 0) is 9.53 Å². The summed E-state index contributed by atoms with van der Waals surface area (Å²) in [4.78, 5) is 32.4. The molecule has 0 bridgehead atoms. The van der Waals surface area contributed by atoms with E-state index in [-0.39, 0.29) is 6.79 Å². The third-order valence-corrected chi connectivity index (χ3v) is 5.07. The lowest BCUT2D eigenvalue weighted by Crippen LogP contribution is -2.20. The molecule has 1 amide bonds. The van der Waals surface area contributed by atoms with Gasteiger partial charge in [-0.25, -0.2) is 9.78 Å². The highest BCUT2D eigenvalue weighted by atomic mass is 16.7. The summed E-state index contributed by atoms with van der Waals surface area (Å²) >= 11 is 0. The summed E-state index contributed by atoms with van der Waals surface area (Å²) in [6.07, 6.45) is 0. The highest BCUT2D eigenvalue weighted by Gasteiger charge is 2.16. The van der Waals surface area contributed by atoms with Gasteiger partial charge in [-0.2, -0.15) is 0 Å². The minimum absolute atomic E-state index is 0.145. The molecule has 0 aliphatic carbocycles. The Morgan fingerprint density at radius 2 is 1.85 bits per heavy atom. The van der Waals surface area contributed by atoms with Crippen molar-refractivity contribution in [1.82, 2.24) is 9.97 Å². The second-order valence-electron chi connectivity index (χ2n) is 7.24. The first kappa shape index (κ1) is 20.4. The number of aromatic nitrogens is 2. The summed E-state index contributed by atoms with van der Waals surface area (Å²) in [5, 5.41) is 2.66. The van der Waals surface area contributed by atoms with Crippen LogP contribution >= 0.6 is 0 Å². The smallest absolute Gasteiger partial charge is 0.338 e. The summed E-state index contributed by atoms with van der Waals surface area (Å²) in [6, 6.07) is 17.5. The Morgan fingerprint density at radius 3 is 2.67 bits per heavy atom. The molecule has 1 aliphatic heterocycles. The number of ether oxygens (including phenoxy) is 4. The van der Waals surface area contributed by atoms with E-state index in [9.17, 15) is 9.59 Å². The maximum atomic E-state index is 12.5. The molecule has 2 heterocycles. The predicted octanol–water partition coefficient (Wildman–Crippen LogP) is 3.76. The van der Waals surface area contributed by atoms with Crippen molar-refractivity contribution in [2.24, 2.45) is 0 Å². The fourth-order valence-corrected chi connectivity index (χ4v) is 3.41. The molecule has 0 saturated heterocycles. The average molecular weight is 445 g/mol. The van der Waals surface area contributed by atoms with Crippen molar-refractivity contribution in [2.45, 2.75) is 0 Å². The van der Waals surface area contributed by atoms with E-state index in [1.807, 2.05) is 24.3 Å². The number of anilines is 1. The van der Waals surface area contributed by atoms with Gasteiger partial charge in [-0.3, -0.25) is 4.79 Å². The van der Waals surface area contributed by atoms with E-state index in [0.29, 0.717) is 39.6 Å². The van der Waals surface area contributed by atoms with Gasteiger partial charge in [0.2, 0.25) is 6.79 Å². The number of hydrogen-bond acceptors (Lipinski definition) is 7. The number of hydrogen-bond donors (Lipinski definition) is 2. The first-order valence-electron chi connectivity index (χ1n) is 10.1. The van der Waals surface area contributed by atoms with Crippen LogP contribution in [0.5, 0.6) is 17.2 Å². The van der Waals surface area contributed by atoms with Crippen LogP contribution in [0, 0.1) is 0 Å². The maximum Gasteiger partial charge on any atom is 0.338 e. The molecule has 166 valence electrons. The van der Waals surface area contributed by atoms with Gasteiger partial charge in [0.15, 0.2) is 18.1 Å². The van der Waals surface area contributed by atoms with Crippen LogP contribution in [0.25, 0.3) is 22.4 Å². The van der Waals surface area contributed by atoms with Gasteiger partial charge in [-0.15, -0.1) is 0 Å².